The highest BCUT2D eigenvalue weighted by Gasteiger charge is 2.18. The van der Waals surface area contributed by atoms with Crippen molar-refractivity contribution in [2.75, 3.05) is 33.3 Å². The zero-order chi connectivity index (χ0) is 13.7. The second-order valence-corrected chi connectivity index (χ2v) is 6.23. The summed E-state index contributed by atoms with van der Waals surface area (Å²) in [6, 6.07) is 9.11. The maximum absolute atomic E-state index is 5.75. The molecule has 1 aromatic rings. The van der Waals surface area contributed by atoms with E-state index in [2.05, 4.69) is 64.4 Å². The molecule has 0 amide bonds. The highest BCUT2D eigenvalue weighted by atomic mass is 79.9. The van der Waals surface area contributed by atoms with Gasteiger partial charge in [-0.3, -0.25) is 0 Å². The Morgan fingerprint density at radius 2 is 2.16 bits per heavy atom. The fraction of sp³-hybridized carbons (Fsp3) is 0.600. The molecule has 4 heteroatoms. The van der Waals surface area contributed by atoms with E-state index in [1.54, 1.807) is 0 Å². The van der Waals surface area contributed by atoms with E-state index < -0.39 is 0 Å². The first-order valence-electron chi connectivity index (χ1n) is 6.92. The summed E-state index contributed by atoms with van der Waals surface area (Å²) in [7, 11) is 2.18. The van der Waals surface area contributed by atoms with Gasteiger partial charge in [-0.1, -0.05) is 28.1 Å². The molecule has 1 fully saturated rings. The number of morpholine rings is 1. The van der Waals surface area contributed by atoms with Gasteiger partial charge >= 0.3 is 0 Å². The smallest absolute Gasteiger partial charge is 0.0826 e. The Bertz CT molecular complexity index is 376. The number of rotatable bonds is 5. The highest BCUT2D eigenvalue weighted by molar-refractivity contribution is 9.10. The van der Waals surface area contributed by atoms with Crippen molar-refractivity contribution in [3.63, 3.8) is 0 Å². The van der Waals surface area contributed by atoms with Crippen molar-refractivity contribution in [2.24, 2.45) is 0 Å². The predicted molar refractivity (Wildman–Crippen MR) is 82.5 cm³/mol. The summed E-state index contributed by atoms with van der Waals surface area (Å²) in [6.45, 7) is 6.05. The quantitative estimate of drug-likeness (QED) is 0.898. The Kier molecular flexibility index (Phi) is 5.82. The van der Waals surface area contributed by atoms with Crippen LogP contribution >= 0.6 is 15.9 Å². The molecule has 2 rings (SSSR count). The number of nitrogens with zero attached hydrogens (tertiary/aromatic N) is 1. The molecule has 19 heavy (non-hydrogen) atoms. The lowest BCUT2D eigenvalue weighted by molar-refractivity contribution is 0.00414. The van der Waals surface area contributed by atoms with Crippen LogP contribution in [0, 0.1) is 0 Å². The van der Waals surface area contributed by atoms with Gasteiger partial charge in [0, 0.05) is 30.1 Å². The van der Waals surface area contributed by atoms with Gasteiger partial charge in [0.15, 0.2) is 0 Å². The maximum Gasteiger partial charge on any atom is 0.0826 e. The zero-order valence-corrected chi connectivity index (χ0v) is 13.3. The van der Waals surface area contributed by atoms with Gasteiger partial charge < -0.3 is 15.0 Å². The molecule has 0 bridgehead atoms. The Hall–Kier alpha value is -0.420. The SMILES string of the molecule is CC(Cc1ccc(Br)cc1)N(C)CC1CNCCO1. The van der Waals surface area contributed by atoms with Gasteiger partial charge in [-0.25, -0.2) is 0 Å². The normalized spacial score (nSPS) is 21.6. The third-order valence-corrected chi connectivity index (χ3v) is 4.22. The summed E-state index contributed by atoms with van der Waals surface area (Å²) in [5, 5.41) is 3.38. The molecule has 3 nitrogen and oxygen atoms in total. The molecule has 2 atom stereocenters. The summed E-state index contributed by atoms with van der Waals surface area (Å²) in [5.41, 5.74) is 1.38. The molecule has 1 N–H and O–H groups in total. The van der Waals surface area contributed by atoms with Crippen LogP contribution in [-0.4, -0.2) is 50.3 Å². The number of benzene rings is 1. The van der Waals surface area contributed by atoms with Crippen molar-refractivity contribution in [3.8, 4) is 0 Å². The number of halogens is 1. The second-order valence-electron chi connectivity index (χ2n) is 5.32. The third-order valence-electron chi connectivity index (χ3n) is 3.69. The first-order valence-corrected chi connectivity index (χ1v) is 7.71. The van der Waals surface area contributed by atoms with Crippen molar-refractivity contribution < 1.29 is 4.74 Å². The van der Waals surface area contributed by atoms with Gasteiger partial charge in [-0.15, -0.1) is 0 Å². The van der Waals surface area contributed by atoms with Crippen LogP contribution < -0.4 is 5.32 Å². The number of hydrogen-bond acceptors (Lipinski definition) is 3. The topological polar surface area (TPSA) is 24.5 Å². The van der Waals surface area contributed by atoms with Crippen molar-refractivity contribution in [1.82, 2.24) is 10.2 Å². The Morgan fingerprint density at radius 1 is 1.42 bits per heavy atom. The van der Waals surface area contributed by atoms with Gasteiger partial charge in [0.2, 0.25) is 0 Å². The summed E-state index contributed by atoms with van der Waals surface area (Å²) in [5.74, 6) is 0. The van der Waals surface area contributed by atoms with Crippen molar-refractivity contribution in [3.05, 3.63) is 34.3 Å². The van der Waals surface area contributed by atoms with Gasteiger partial charge in [-0.2, -0.15) is 0 Å². The first kappa shape index (κ1) is 15.0. The van der Waals surface area contributed by atoms with Crippen LogP contribution in [0.3, 0.4) is 0 Å². The molecule has 0 saturated carbocycles. The number of nitrogens with one attached hydrogen (secondary N) is 1. The average Bonchev–Trinajstić information content (AvgIpc) is 2.42. The van der Waals surface area contributed by atoms with E-state index >= 15 is 0 Å². The van der Waals surface area contributed by atoms with E-state index in [4.69, 9.17) is 4.74 Å². The summed E-state index contributed by atoms with van der Waals surface area (Å²) >= 11 is 3.47. The van der Waals surface area contributed by atoms with Crippen LogP contribution in [0.4, 0.5) is 0 Å². The molecule has 1 saturated heterocycles. The largest absolute Gasteiger partial charge is 0.374 e. The van der Waals surface area contributed by atoms with Gasteiger partial charge in [0.25, 0.3) is 0 Å². The molecule has 0 aromatic heterocycles. The van der Waals surface area contributed by atoms with Crippen LogP contribution in [0.5, 0.6) is 0 Å². The predicted octanol–water partition coefficient (Wildman–Crippen LogP) is 2.30. The molecule has 1 heterocycles. The fourth-order valence-corrected chi connectivity index (χ4v) is 2.62. The molecule has 1 aromatic carbocycles. The summed E-state index contributed by atoms with van der Waals surface area (Å²) in [6.07, 6.45) is 1.40. The van der Waals surface area contributed by atoms with Crippen LogP contribution in [0.25, 0.3) is 0 Å². The van der Waals surface area contributed by atoms with E-state index in [1.165, 1.54) is 5.56 Å². The van der Waals surface area contributed by atoms with E-state index in [0.29, 0.717) is 12.1 Å². The Morgan fingerprint density at radius 3 is 2.79 bits per heavy atom. The minimum Gasteiger partial charge on any atom is -0.374 e. The summed E-state index contributed by atoms with van der Waals surface area (Å²) in [4.78, 5) is 2.39. The number of ether oxygens (including phenoxy) is 1. The van der Waals surface area contributed by atoms with Crippen LogP contribution in [0.2, 0.25) is 0 Å². The van der Waals surface area contributed by atoms with Gasteiger partial charge in [0.05, 0.1) is 12.7 Å². The molecule has 0 aliphatic carbocycles. The van der Waals surface area contributed by atoms with Gasteiger partial charge in [0.1, 0.15) is 0 Å². The number of likely N-dealkylation sites (N-methyl/N-ethyl adjacent to an activating group) is 1. The lowest BCUT2D eigenvalue weighted by atomic mass is 10.1. The van der Waals surface area contributed by atoms with E-state index in [1.807, 2.05) is 0 Å². The monoisotopic (exact) mass is 326 g/mol. The Balaban J connectivity index is 1.81. The standard InChI is InChI=1S/C15H23BrN2O/c1-12(9-13-3-5-14(16)6-4-13)18(2)11-15-10-17-7-8-19-15/h3-6,12,15,17H,7-11H2,1-2H3. The van der Waals surface area contributed by atoms with E-state index in [0.717, 1.165) is 37.1 Å². The second kappa shape index (κ2) is 7.39. The first-order chi connectivity index (χ1) is 9.15. The average molecular weight is 327 g/mol. The van der Waals surface area contributed by atoms with Crippen molar-refractivity contribution in [1.29, 1.82) is 0 Å². The molecule has 1 aliphatic heterocycles. The zero-order valence-electron chi connectivity index (χ0n) is 11.7. The minimum atomic E-state index is 0.325. The minimum absolute atomic E-state index is 0.325. The van der Waals surface area contributed by atoms with Crippen LogP contribution in [0.1, 0.15) is 12.5 Å². The molecule has 2 unspecified atom stereocenters. The highest BCUT2D eigenvalue weighted by Crippen LogP contribution is 2.14. The van der Waals surface area contributed by atoms with Gasteiger partial charge in [-0.05, 0) is 38.1 Å². The number of hydrogen-bond donors (Lipinski definition) is 1. The third kappa shape index (κ3) is 4.88. The lowest BCUT2D eigenvalue weighted by Gasteiger charge is -2.31. The Labute approximate surface area is 124 Å². The molecule has 0 spiro atoms. The molecule has 0 radical (unpaired) electrons. The molecule has 106 valence electrons. The molecular formula is C15H23BrN2O. The van der Waals surface area contributed by atoms with E-state index in [-0.39, 0.29) is 0 Å². The molecule has 1 aliphatic rings. The fourth-order valence-electron chi connectivity index (χ4n) is 2.36. The van der Waals surface area contributed by atoms with E-state index in [9.17, 15) is 0 Å². The van der Waals surface area contributed by atoms with Crippen LogP contribution in [0.15, 0.2) is 28.7 Å². The molecular weight excluding hydrogens is 304 g/mol. The maximum atomic E-state index is 5.75. The van der Waals surface area contributed by atoms with Crippen molar-refractivity contribution >= 4 is 15.9 Å². The van der Waals surface area contributed by atoms with Crippen LogP contribution in [-0.2, 0) is 11.2 Å². The summed E-state index contributed by atoms with van der Waals surface area (Å²) < 4.78 is 6.89. The lowest BCUT2D eigenvalue weighted by Crippen LogP contribution is -2.46. The van der Waals surface area contributed by atoms with Crippen molar-refractivity contribution in [2.45, 2.75) is 25.5 Å².